The molecule has 41 heavy (non-hydrogen) atoms. The zero-order valence-corrected chi connectivity index (χ0v) is 27.4. The second-order valence-electron chi connectivity index (χ2n) is 12.4. The Labute approximate surface area is 247 Å². The quantitative estimate of drug-likeness (QED) is 0.152. The number of unbranched alkanes of at least 4 members (excludes halogenated alkanes) is 1. The number of nitrogens with one attached hydrogen (secondary N) is 2. The topological polar surface area (TPSA) is 159 Å². The summed E-state index contributed by atoms with van der Waals surface area (Å²) in [6.07, 6.45) is 1.14. The summed E-state index contributed by atoms with van der Waals surface area (Å²) in [4.78, 5) is 49.8. The van der Waals surface area contributed by atoms with Gasteiger partial charge in [0, 0.05) is 6.92 Å². The maximum absolute atomic E-state index is 13.1. The summed E-state index contributed by atoms with van der Waals surface area (Å²) in [5, 5.41) is 6.61. The zero-order valence-electron chi connectivity index (χ0n) is 27.4. The Kier molecular flexibility index (Phi) is 20.3. The molecule has 0 aromatic heterocycles. The largest absolute Gasteiger partial charge is 0.466 e. The Hall–Kier alpha value is -2.44. The SMILES string of the molecule is CC(C)(C)OC(=O)C(CCNCCCCNCCCN)N(C(=O)OC(C)(C)C)C(=O)OC(C)(C)C.CCOC(C)=O. The van der Waals surface area contributed by atoms with Crippen molar-refractivity contribution in [2.45, 2.75) is 125 Å². The maximum Gasteiger partial charge on any atom is 0.420 e. The van der Waals surface area contributed by atoms with E-state index >= 15 is 0 Å². The first-order valence-electron chi connectivity index (χ1n) is 14.5. The van der Waals surface area contributed by atoms with E-state index in [1.54, 1.807) is 69.2 Å². The fourth-order valence-corrected chi connectivity index (χ4v) is 3.09. The van der Waals surface area contributed by atoms with E-state index in [9.17, 15) is 19.2 Å². The maximum atomic E-state index is 13.1. The van der Waals surface area contributed by atoms with Gasteiger partial charge in [0.05, 0.1) is 6.61 Å². The highest BCUT2D eigenvalue weighted by Gasteiger charge is 2.41. The van der Waals surface area contributed by atoms with Gasteiger partial charge in [-0.2, -0.15) is 4.90 Å². The molecule has 0 heterocycles. The van der Waals surface area contributed by atoms with Crippen LogP contribution in [0.4, 0.5) is 9.59 Å². The van der Waals surface area contributed by atoms with Crippen molar-refractivity contribution >= 4 is 24.1 Å². The standard InChI is InChI=1S/C25H50N4O6.C4H8O2/c1-23(2,3)33-20(30)19(13-18-28-16-11-10-15-27-17-12-14-26)29(21(31)34-24(4,5)6)22(32)35-25(7,8)9;1-3-6-4(2)5/h19,27-28H,10-18,26H2,1-9H3;3H2,1-2H3. The molecule has 0 radical (unpaired) electrons. The van der Waals surface area contributed by atoms with E-state index in [0.29, 0.717) is 19.7 Å². The fraction of sp³-hybridized carbons (Fsp3) is 0.862. The summed E-state index contributed by atoms with van der Waals surface area (Å²) < 4.78 is 20.8. The molecule has 0 fully saturated rings. The highest BCUT2D eigenvalue weighted by atomic mass is 16.6. The summed E-state index contributed by atoms with van der Waals surface area (Å²) in [6.45, 7) is 22.6. The molecule has 242 valence electrons. The number of amides is 2. The Bertz CT molecular complexity index is 742. The van der Waals surface area contributed by atoms with Crippen LogP contribution < -0.4 is 16.4 Å². The first-order valence-corrected chi connectivity index (χ1v) is 14.5. The Morgan fingerprint density at radius 3 is 1.46 bits per heavy atom. The van der Waals surface area contributed by atoms with Crippen molar-refractivity contribution in [3.63, 3.8) is 0 Å². The number of carbonyl (C=O) groups excluding carboxylic acids is 4. The van der Waals surface area contributed by atoms with E-state index in [0.717, 1.165) is 43.8 Å². The second-order valence-corrected chi connectivity index (χ2v) is 12.4. The van der Waals surface area contributed by atoms with Crippen LogP contribution in [0.2, 0.25) is 0 Å². The molecule has 0 saturated carbocycles. The van der Waals surface area contributed by atoms with E-state index < -0.39 is 41.0 Å². The number of nitrogens with zero attached hydrogens (tertiary/aromatic N) is 1. The molecule has 2 amide bonds. The molecule has 0 aromatic carbocycles. The minimum atomic E-state index is -1.20. The molecule has 0 aliphatic carbocycles. The Balaban J connectivity index is 0. The lowest BCUT2D eigenvalue weighted by molar-refractivity contribution is -0.161. The number of nitrogens with two attached hydrogens (primary N) is 1. The Morgan fingerprint density at radius 1 is 0.707 bits per heavy atom. The van der Waals surface area contributed by atoms with E-state index in [2.05, 4.69) is 15.4 Å². The number of hydrogen-bond acceptors (Lipinski definition) is 11. The summed E-state index contributed by atoms with van der Waals surface area (Å²) >= 11 is 0. The molecule has 0 saturated heterocycles. The molecule has 4 N–H and O–H groups in total. The molecule has 0 bridgehead atoms. The number of carbonyl (C=O) groups is 4. The second kappa shape index (κ2) is 20.4. The highest BCUT2D eigenvalue weighted by Crippen LogP contribution is 2.21. The lowest BCUT2D eigenvalue weighted by Gasteiger charge is -2.33. The van der Waals surface area contributed by atoms with E-state index in [-0.39, 0.29) is 12.4 Å². The molecule has 1 atom stereocenters. The van der Waals surface area contributed by atoms with Crippen molar-refractivity contribution in [1.82, 2.24) is 15.5 Å². The number of esters is 2. The van der Waals surface area contributed by atoms with Gasteiger partial charge in [-0.25, -0.2) is 14.4 Å². The van der Waals surface area contributed by atoms with Gasteiger partial charge in [-0.3, -0.25) is 4.79 Å². The first-order chi connectivity index (χ1) is 18.7. The van der Waals surface area contributed by atoms with Crippen molar-refractivity contribution in [3.05, 3.63) is 0 Å². The first kappa shape index (κ1) is 40.7. The number of imide groups is 1. The fourth-order valence-electron chi connectivity index (χ4n) is 3.09. The third kappa shape index (κ3) is 25.0. The van der Waals surface area contributed by atoms with Crippen molar-refractivity contribution in [1.29, 1.82) is 0 Å². The summed E-state index contributed by atoms with van der Waals surface area (Å²) in [5.41, 5.74) is 2.94. The summed E-state index contributed by atoms with van der Waals surface area (Å²) in [6, 6.07) is -1.20. The van der Waals surface area contributed by atoms with Crippen LogP contribution in [0.25, 0.3) is 0 Å². The molecular weight excluding hydrogens is 532 g/mol. The van der Waals surface area contributed by atoms with Crippen molar-refractivity contribution in [3.8, 4) is 0 Å². The minimum absolute atomic E-state index is 0.155. The van der Waals surface area contributed by atoms with E-state index in [1.165, 1.54) is 6.92 Å². The van der Waals surface area contributed by atoms with Crippen LogP contribution in [0.15, 0.2) is 0 Å². The van der Waals surface area contributed by atoms with E-state index in [4.69, 9.17) is 19.9 Å². The molecule has 0 aliphatic rings. The highest BCUT2D eigenvalue weighted by molar-refractivity contribution is 5.94. The number of ether oxygens (including phenoxy) is 4. The number of hydrogen-bond donors (Lipinski definition) is 3. The van der Waals surface area contributed by atoms with Gasteiger partial charge in [0.15, 0.2) is 0 Å². The molecular formula is C29H58N4O8. The van der Waals surface area contributed by atoms with Gasteiger partial charge in [-0.05, 0) is 128 Å². The number of rotatable bonds is 14. The van der Waals surface area contributed by atoms with Crippen LogP contribution in [0.1, 0.15) is 102 Å². The van der Waals surface area contributed by atoms with Gasteiger partial charge in [0.1, 0.15) is 22.8 Å². The van der Waals surface area contributed by atoms with Crippen LogP contribution in [-0.4, -0.2) is 91.2 Å². The van der Waals surface area contributed by atoms with Gasteiger partial charge >= 0.3 is 24.1 Å². The van der Waals surface area contributed by atoms with Gasteiger partial charge in [-0.1, -0.05) is 0 Å². The molecule has 0 aromatic rings. The molecule has 1 unspecified atom stereocenters. The molecule has 0 spiro atoms. The summed E-state index contributed by atoms with van der Waals surface area (Å²) in [7, 11) is 0. The van der Waals surface area contributed by atoms with Crippen LogP contribution in [0.5, 0.6) is 0 Å². The lowest BCUT2D eigenvalue weighted by atomic mass is 10.1. The minimum Gasteiger partial charge on any atom is -0.466 e. The van der Waals surface area contributed by atoms with Crippen LogP contribution in [0.3, 0.4) is 0 Å². The molecule has 0 rings (SSSR count). The predicted molar refractivity (Wildman–Crippen MR) is 160 cm³/mol. The normalized spacial score (nSPS) is 12.4. The molecule has 0 aliphatic heterocycles. The molecule has 12 heteroatoms. The van der Waals surface area contributed by atoms with Crippen LogP contribution in [-0.2, 0) is 28.5 Å². The summed E-state index contributed by atoms with van der Waals surface area (Å²) in [5.74, 6) is -0.905. The van der Waals surface area contributed by atoms with Crippen molar-refractivity contribution < 1.29 is 38.1 Å². The van der Waals surface area contributed by atoms with Crippen LogP contribution >= 0.6 is 0 Å². The lowest BCUT2D eigenvalue weighted by Crippen LogP contribution is -2.54. The zero-order chi connectivity index (χ0) is 32.3. The monoisotopic (exact) mass is 590 g/mol. The average Bonchev–Trinajstić information content (AvgIpc) is 2.76. The van der Waals surface area contributed by atoms with Crippen molar-refractivity contribution in [2.75, 3.05) is 39.3 Å². The third-order valence-corrected chi connectivity index (χ3v) is 4.63. The van der Waals surface area contributed by atoms with Crippen molar-refractivity contribution in [2.24, 2.45) is 5.73 Å². The van der Waals surface area contributed by atoms with Crippen LogP contribution in [0, 0.1) is 0 Å². The average molecular weight is 591 g/mol. The predicted octanol–water partition coefficient (Wildman–Crippen LogP) is 4.14. The van der Waals surface area contributed by atoms with Gasteiger partial charge < -0.3 is 35.3 Å². The third-order valence-electron chi connectivity index (χ3n) is 4.63. The van der Waals surface area contributed by atoms with Gasteiger partial charge in [-0.15, -0.1) is 0 Å². The molecule has 12 nitrogen and oxygen atoms in total. The smallest absolute Gasteiger partial charge is 0.420 e. The van der Waals surface area contributed by atoms with Gasteiger partial charge in [0.2, 0.25) is 0 Å². The Morgan fingerprint density at radius 2 is 1.12 bits per heavy atom. The van der Waals surface area contributed by atoms with E-state index in [1.807, 2.05) is 0 Å². The van der Waals surface area contributed by atoms with Gasteiger partial charge in [0.25, 0.3) is 0 Å².